The Hall–Kier alpha value is -3.26. The lowest BCUT2D eigenvalue weighted by atomic mass is 9.93. The monoisotopic (exact) mass is 354 g/mol. The predicted octanol–water partition coefficient (Wildman–Crippen LogP) is 6.50. The summed E-state index contributed by atoms with van der Waals surface area (Å²) < 4.78 is 11.1. The molecule has 2 nitrogen and oxygen atoms in total. The molecule has 4 aromatic carbocycles. The number of hydrogen-bond donors (Lipinski definition) is 0. The highest BCUT2D eigenvalue weighted by atomic mass is 16.5. The fourth-order valence-corrected chi connectivity index (χ4v) is 3.59. The van der Waals surface area contributed by atoms with E-state index in [2.05, 4.69) is 73.7 Å². The van der Waals surface area contributed by atoms with E-state index in [0.717, 1.165) is 22.3 Å². The molecular weight excluding hydrogens is 332 g/mol. The average Bonchev–Trinajstić information content (AvgIpc) is 2.74. The Labute approximate surface area is 160 Å². The molecule has 0 bridgehead atoms. The standard InChI is InChI=1S/C25H22O2/c1-17-9-14-22(23-15-21(26-2)16-24(27-3)25(17)23)20-12-10-19(11-13-20)18-7-5-4-6-8-18/h4-16H,1-3H3. The van der Waals surface area contributed by atoms with Gasteiger partial charge in [-0.2, -0.15) is 0 Å². The molecule has 0 aliphatic rings. The third-order valence-electron chi connectivity index (χ3n) is 5.02. The van der Waals surface area contributed by atoms with Crippen LogP contribution in [-0.4, -0.2) is 14.2 Å². The molecule has 0 aliphatic heterocycles. The molecular formula is C25H22O2. The van der Waals surface area contributed by atoms with Crippen molar-refractivity contribution in [3.63, 3.8) is 0 Å². The molecule has 0 fully saturated rings. The topological polar surface area (TPSA) is 18.5 Å². The molecule has 2 heteroatoms. The summed E-state index contributed by atoms with van der Waals surface area (Å²) in [4.78, 5) is 0. The highest BCUT2D eigenvalue weighted by Gasteiger charge is 2.13. The number of hydrogen-bond acceptors (Lipinski definition) is 2. The second-order valence-electron chi connectivity index (χ2n) is 6.63. The Balaban J connectivity index is 1.88. The Bertz CT molecular complexity index is 1080. The Morgan fingerprint density at radius 3 is 1.96 bits per heavy atom. The SMILES string of the molecule is COc1cc(OC)c2c(C)ccc(-c3ccc(-c4ccccc4)cc3)c2c1. The molecule has 0 spiro atoms. The third kappa shape index (κ3) is 3.15. The van der Waals surface area contributed by atoms with Crippen molar-refractivity contribution in [1.82, 2.24) is 0 Å². The summed E-state index contributed by atoms with van der Waals surface area (Å²) in [5, 5.41) is 2.27. The van der Waals surface area contributed by atoms with Crippen LogP contribution < -0.4 is 9.47 Å². The van der Waals surface area contributed by atoms with Gasteiger partial charge >= 0.3 is 0 Å². The summed E-state index contributed by atoms with van der Waals surface area (Å²) in [5.74, 6) is 1.64. The van der Waals surface area contributed by atoms with Crippen LogP contribution in [0.1, 0.15) is 5.56 Å². The van der Waals surface area contributed by atoms with Crippen molar-refractivity contribution in [2.45, 2.75) is 6.92 Å². The van der Waals surface area contributed by atoms with Crippen LogP contribution in [0.2, 0.25) is 0 Å². The third-order valence-corrected chi connectivity index (χ3v) is 5.02. The van der Waals surface area contributed by atoms with Gasteiger partial charge in [0.05, 0.1) is 14.2 Å². The van der Waals surface area contributed by atoms with Crippen LogP contribution in [0.25, 0.3) is 33.0 Å². The first kappa shape index (κ1) is 17.2. The molecule has 4 rings (SSSR count). The molecule has 0 aromatic heterocycles. The van der Waals surface area contributed by atoms with Crippen molar-refractivity contribution in [3.05, 3.63) is 84.4 Å². The van der Waals surface area contributed by atoms with Gasteiger partial charge in [0.15, 0.2) is 0 Å². The van der Waals surface area contributed by atoms with Crippen molar-refractivity contribution in [2.24, 2.45) is 0 Å². The first-order valence-electron chi connectivity index (χ1n) is 9.02. The van der Waals surface area contributed by atoms with Gasteiger partial charge in [-0.3, -0.25) is 0 Å². The maximum atomic E-state index is 5.64. The summed E-state index contributed by atoms with van der Waals surface area (Å²) in [6.45, 7) is 2.11. The number of benzene rings is 4. The van der Waals surface area contributed by atoms with Crippen molar-refractivity contribution in [3.8, 4) is 33.8 Å². The van der Waals surface area contributed by atoms with E-state index in [1.807, 2.05) is 12.1 Å². The van der Waals surface area contributed by atoms with Crippen LogP contribution in [0.5, 0.6) is 11.5 Å². The predicted molar refractivity (Wildman–Crippen MR) is 113 cm³/mol. The van der Waals surface area contributed by atoms with Gasteiger partial charge in [-0.25, -0.2) is 0 Å². The van der Waals surface area contributed by atoms with Crippen LogP contribution in [0.4, 0.5) is 0 Å². The molecule has 0 heterocycles. The quantitative estimate of drug-likeness (QED) is 0.416. The number of ether oxygens (including phenoxy) is 2. The first-order chi connectivity index (χ1) is 13.2. The molecule has 0 unspecified atom stereocenters. The molecule has 0 radical (unpaired) electrons. The van der Waals surface area contributed by atoms with Gasteiger partial charge in [-0.15, -0.1) is 0 Å². The maximum Gasteiger partial charge on any atom is 0.130 e. The van der Waals surface area contributed by atoms with Gasteiger partial charge in [0.2, 0.25) is 0 Å². The lowest BCUT2D eigenvalue weighted by Crippen LogP contribution is -1.92. The van der Waals surface area contributed by atoms with Crippen LogP contribution >= 0.6 is 0 Å². The van der Waals surface area contributed by atoms with E-state index in [-0.39, 0.29) is 0 Å². The van der Waals surface area contributed by atoms with Crippen molar-refractivity contribution in [2.75, 3.05) is 14.2 Å². The number of rotatable bonds is 4. The minimum atomic E-state index is 0.798. The maximum absolute atomic E-state index is 5.64. The Kier molecular flexibility index (Phi) is 4.55. The molecule has 0 amide bonds. The first-order valence-corrected chi connectivity index (χ1v) is 9.02. The van der Waals surface area contributed by atoms with Crippen LogP contribution in [0, 0.1) is 6.92 Å². The summed E-state index contributed by atoms with van der Waals surface area (Å²) in [6.07, 6.45) is 0. The molecule has 4 aromatic rings. The lowest BCUT2D eigenvalue weighted by molar-refractivity contribution is 0.398. The number of aryl methyl sites for hydroxylation is 1. The second kappa shape index (κ2) is 7.16. The van der Waals surface area contributed by atoms with E-state index in [1.165, 1.54) is 27.8 Å². The van der Waals surface area contributed by atoms with Crippen molar-refractivity contribution in [1.29, 1.82) is 0 Å². The van der Waals surface area contributed by atoms with E-state index in [4.69, 9.17) is 9.47 Å². The summed E-state index contributed by atoms with van der Waals surface area (Å²) in [6, 6.07) is 27.5. The minimum Gasteiger partial charge on any atom is -0.497 e. The van der Waals surface area contributed by atoms with Crippen LogP contribution in [0.3, 0.4) is 0 Å². The highest BCUT2D eigenvalue weighted by Crippen LogP contribution is 2.39. The zero-order valence-corrected chi connectivity index (χ0v) is 15.8. The molecule has 0 saturated carbocycles. The second-order valence-corrected chi connectivity index (χ2v) is 6.63. The zero-order valence-electron chi connectivity index (χ0n) is 15.8. The van der Waals surface area contributed by atoms with Crippen molar-refractivity contribution < 1.29 is 9.47 Å². The fraction of sp³-hybridized carbons (Fsp3) is 0.120. The molecule has 27 heavy (non-hydrogen) atoms. The van der Waals surface area contributed by atoms with Gasteiger partial charge in [0, 0.05) is 11.5 Å². The van der Waals surface area contributed by atoms with E-state index in [1.54, 1.807) is 14.2 Å². The summed E-state index contributed by atoms with van der Waals surface area (Å²) in [5.41, 5.74) is 5.98. The Morgan fingerprint density at radius 1 is 0.630 bits per heavy atom. The largest absolute Gasteiger partial charge is 0.497 e. The van der Waals surface area contributed by atoms with Crippen LogP contribution in [0.15, 0.2) is 78.9 Å². The number of fused-ring (bicyclic) bond motifs is 1. The van der Waals surface area contributed by atoms with Crippen molar-refractivity contribution >= 4 is 10.8 Å². The van der Waals surface area contributed by atoms with E-state index in [0.29, 0.717) is 0 Å². The van der Waals surface area contributed by atoms with E-state index < -0.39 is 0 Å². The molecule has 0 aliphatic carbocycles. The highest BCUT2D eigenvalue weighted by molar-refractivity contribution is 6.02. The normalized spacial score (nSPS) is 10.8. The summed E-state index contributed by atoms with van der Waals surface area (Å²) in [7, 11) is 3.39. The average molecular weight is 354 g/mol. The summed E-state index contributed by atoms with van der Waals surface area (Å²) >= 11 is 0. The molecule has 0 saturated heterocycles. The van der Waals surface area contributed by atoms with E-state index >= 15 is 0 Å². The zero-order chi connectivity index (χ0) is 18.8. The minimum absolute atomic E-state index is 0.798. The number of methoxy groups -OCH3 is 2. The molecule has 134 valence electrons. The fourth-order valence-electron chi connectivity index (χ4n) is 3.59. The van der Waals surface area contributed by atoms with Crippen LogP contribution in [-0.2, 0) is 0 Å². The Morgan fingerprint density at radius 2 is 1.30 bits per heavy atom. The smallest absolute Gasteiger partial charge is 0.130 e. The van der Waals surface area contributed by atoms with Gasteiger partial charge in [0.1, 0.15) is 11.5 Å². The van der Waals surface area contributed by atoms with Gasteiger partial charge < -0.3 is 9.47 Å². The van der Waals surface area contributed by atoms with Gasteiger partial charge in [0.25, 0.3) is 0 Å². The van der Waals surface area contributed by atoms with Gasteiger partial charge in [-0.1, -0.05) is 66.7 Å². The molecule has 0 atom stereocenters. The van der Waals surface area contributed by atoms with Gasteiger partial charge in [-0.05, 0) is 46.2 Å². The molecule has 0 N–H and O–H groups in total. The lowest BCUT2D eigenvalue weighted by Gasteiger charge is -2.15. The van der Waals surface area contributed by atoms with E-state index in [9.17, 15) is 0 Å².